The molecule has 5 nitrogen and oxygen atoms in total. The Labute approximate surface area is 101 Å². The van der Waals surface area contributed by atoms with Gasteiger partial charge in [-0.05, 0) is 31.4 Å². The number of carbonyl (C=O) groups is 1. The van der Waals surface area contributed by atoms with Crippen LogP contribution in [0.5, 0.6) is 0 Å². The molecule has 17 heavy (non-hydrogen) atoms. The molecule has 1 saturated heterocycles. The molecule has 0 spiro atoms. The average Bonchev–Trinajstić information content (AvgIpc) is 2.86. The molecule has 5 heteroatoms. The highest BCUT2D eigenvalue weighted by Gasteiger charge is 2.28. The van der Waals surface area contributed by atoms with Crippen molar-refractivity contribution >= 4 is 5.91 Å². The van der Waals surface area contributed by atoms with Crippen molar-refractivity contribution in [3.63, 3.8) is 0 Å². The first-order chi connectivity index (χ1) is 8.26. The lowest BCUT2D eigenvalue weighted by atomic mass is 10.0. The smallest absolute Gasteiger partial charge is 0.289 e. The van der Waals surface area contributed by atoms with Crippen molar-refractivity contribution in [1.29, 1.82) is 0 Å². The van der Waals surface area contributed by atoms with E-state index in [0.29, 0.717) is 24.6 Å². The summed E-state index contributed by atoms with van der Waals surface area (Å²) < 4.78 is 5.38. The van der Waals surface area contributed by atoms with Gasteiger partial charge < -0.3 is 20.8 Å². The standard InChI is InChI=1S/C12H19N3O2/c13-7-9-3-1-2-6-15(9)12(16)11-5-4-10(8-14)17-11/h4-5,9H,1-3,6-8,13-14H2/t9-/m0/s1. The van der Waals surface area contributed by atoms with Gasteiger partial charge in [0.15, 0.2) is 5.76 Å². The second-order valence-corrected chi connectivity index (χ2v) is 4.35. The lowest BCUT2D eigenvalue weighted by molar-refractivity contribution is 0.0589. The Morgan fingerprint density at radius 1 is 1.41 bits per heavy atom. The first-order valence-corrected chi connectivity index (χ1v) is 6.06. The SMILES string of the molecule is NCc1ccc(C(=O)N2CCCC[C@H]2CN)o1. The fourth-order valence-electron chi connectivity index (χ4n) is 2.26. The van der Waals surface area contributed by atoms with Crippen LogP contribution in [0.1, 0.15) is 35.6 Å². The van der Waals surface area contributed by atoms with Crippen molar-refractivity contribution in [2.75, 3.05) is 13.1 Å². The molecule has 4 N–H and O–H groups in total. The number of nitrogens with two attached hydrogens (primary N) is 2. The summed E-state index contributed by atoms with van der Waals surface area (Å²) in [5, 5.41) is 0. The summed E-state index contributed by atoms with van der Waals surface area (Å²) in [5.41, 5.74) is 11.2. The normalized spacial score (nSPS) is 20.6. The maximum absolute atomic E-state index is 12.2. The van der Waals surface area contributed by atoms with Gasteiger partial charge in [-0.3, -0.25) is 4.79 Å². The molecule has 1 aromatic heterocycles. The van der Waals surface area contributed by atoms with Gasteiger partial charge in [0.2, 0.25) is 0 Å². The van der Waals surface area contributed by atoms with Crippen LogP contribution in [0.15, 0.2) is 16.5 Å². The lowest BCUT2D eigenvalue weighted by Gasteiger charge is -2.34. The fourth-order valence-corrected chi connectivity index (χ4v) is 2.26. The van der Waals surface area contributed by atoms with Crippen molar-refractivity contribution in [2.24, 2.45) is 11.5 Å². The lowest BCUT2D eigenvalue weighted by Crippen LogP contribution is -2.47. The number of hydrogen-bond donors (Lipinski definition) is 2. The summed E-state index contributed by atoms with van der Waals surface area (Å²) in [5.74, 6) is 0.931. The molecule has 2 rings (SSSR count). The van der Waals surface area contributed by atoms with E-state index in [1.54, 1.807) is 12.1 Å². The third-order valence-electron chi connectivity index (χ3n) is 3.23. The van der Waals surface area contributed by atoms with Crippen molar-refractivity contribution < 1.29 is 9.21 Å². The number of nitrogens with zero attached hydrogens (tertiary/aromatic N) is 1. The van der Waals surface area contributed by atoms with Crippen molar-refractivity contribution in [3.05, 3.63) is 23.7 Å². The maximum Gasteiger partial charge on any atom is 0.289 e. The molecule has 0 unspecified atom stereocenters. The zero-order chi connectivity index (χ0) is 12.3. The van der Waals surface area contributed by atoms with E-state index in [9.17, 15) is 4.79 Å². The number of rotatable bonds is 3. The molecule has 0 aliphatic carbocycles. The van der Waals surface area contributed by atoms with E-state index in [4.69, 9.17) is 15.9 Å². The summed E-state index contributed by atoms with van der Waals surface area (Å²) in [7, 11) is 0. The molecule has 1 amide bonds. The Balaban J connectivity index is 2.12. The fraction of sp³-hybridized carbons (Fsp3) is 0.583. The van der Waals surface area contributed by atoms with Crippen LogP contribution in [-0.4, -0.2) is 29.9 Å². The third-order valence-corrected chi connectivity index (χ3v) is 3.23. The van der Waals surface area contributed by atoms with Gasteiger partial charge in [0.05, 0.1) is 6.54 Å². The number of piperidine rings is 1. The maximum atomic E-state index is 12.2. The topological polar surface area (TPSA) is 85.5 Å². The summed E-state index contributed by atoms with van der Waals surface area (Å²) in [4.78, 5) is 14.1. The van der Waals surface area contributed by atoms with Gasteiger partial charge in [-0.2, -0.15) is 0 Å². The molecule has 1 aromatic rings. The molecule has 1 aliphatic heterocycles. The van der Waals surface area contributed by atoms with Gasteiger partial charge >= 0.3 is 0 Å². The number of likely N-dealkylation sites (tertiary alicyclic amines) is 1. The summed E-state index contributed by atoms with van der Waals surface area (Å²) in [6.07, 6.45) is 3.15. The second-order valence-electron chi connectivity index (χ2n) is 4.35. The molecule has 1 aliphatic rings. The summed E-state index contributed by atoms with van der Waals surface area (Å²) in [6.45, 7) is 1.59. The molecule has 2 heterocycles. The average molecular weight is 237 g/mol. The molecular formula is C12H19N3O2. The Morgan fingerprint density at radius 2 is 2.24 bits per heavy atom. The quantitative estimate of drug-likeness (QED) is 0.810. The van der Waals surface area contributed by atoms with E-state index in [2.05, 4.69) is 0 Å². The van der Waals surface area contributed by atoms with Crippen molar-refractivity contribution in [2.45, 2.75) is 31.8 Å². The molecule has 94 valence electrons. The Kier molecular flexibility index (Phi) is 3.81. The van der Waals surface area contributed by atoms with Gasteiger partial charge in [-0.25, -0.2) is 0 Å². The monoisotopic (exact) mass is 237 g/mol. The van der Waals surface area contributed by atoms with E-state index < -0.39 is 0 Å². The van der Waals surface area contributed by atoms with Gasteiger partial charge in [0.1, 0.15) is 5.76 Å². The van der Waals surface area contributed by atoms with Gasteiger partial charge in [0.25, 0.3) is 5.91 Å². The van der Waals surface area contributed by atoms with Gasteiger partial charge in [-0.1, -0.05) is 0 Å². The minimum Gasteiger partial charge on any atom is -0.455 e. The van der Waals surface area contributed by atoms with E-state index >= 15 is 0 Å². The Hall–Kier alpha value is -1.33. The van der Waals surface area contributed by atoms with Crippen LogP contribution in [0, 0.1) is 0 Å². The molecule has 1 atom stereocenters. The van der Waals surface area contributed by atoms with Gasteiger partial charge in [-0.15, -0.1) is 0 Å². The van der Waals surface area contributed by atoms with E-state index in [1.807, 2.05) is 4.90 Å². The van der Waals surface area contributed by atoms with Crippen LogP contribution < -0.4 is 11.5 Å². The molecule has 0 radical (unpaired) electrons. The molecule has 1 fully saturated rings. The molecule has 0 saturated carbocycles. The van der Waals surface area contributed by atoms with Crippen LogP contribution in [0.4, 0.5) is 0 Å². The molecule has 0 bridgehead atoms. The largest absolute Gasteiger partial charge is 0.455 e. The van der Waals surface area contributed by atoms with Crippen LogP contribution >= 0.6 is 0 Å². The number of furan rings is 1. The van der Waals surface area contributed by atoms with Gasteiger partial charge in [0, 0.05) is 19.1 Å². The molecular weight excluding hydrogens is 218 g/mol. The predicted octanol–water partition coefficient (Wildman–Crippen LogP) is 0.692. The zero-order valence-corrected chi connectivity index (χ0v) is 9.89. The third kappa shape index (κ3) is 2.50. The minimum atomic E-state index is -0.0696. The predicted molar refractivity (Wildman–Crippen MR) is 64.3 cm³/mol. The van der Waals surface area contributed by atoms with E-state index in [-0.39, 0.29) is 11.9 Å². The van der Waals surface area contributed by atoms with E-state index in [0.717, 1.165) is 25.8 Å². The second kappa shape index (κ2) is 5.33. The first-order valence-electron chi connectivity index (χ1n) is 6.06. The highest BCUT2D eigenvalue weighted by Crippen LogP contribution is 2.20. The number of amides is 1. The van der Waals surface area contributed by atoms with Crippen molar-refractivity contribution in [1.82, 2.24) is 4.90 Å². The summed E-state index contributed by atoms with van der Waals surface area (Å²) in [6, 6.07) is 3.57. The van der Waals surface area contributed by atoms with Crippen LogP contribution in [0.25, 0.3) is 0 Å². The minimum absolute atomic E-state index is 0.0696. The highest BCUT2D eigenvalue weighted by atomic mass is 16.4. The Bertz CT molecular complexity index is 389. The zero-order valence-electron chi connectivity index (χ0n) is 9.89. The number of carbonyl (C=O) groups excluding carboxylic acids is 1. The van der Waals surface area contributed by atoms with Crippen LogP contribution in [0.3, 0.4) is 0 Å². The Morgan fingerprint density at radius 3 is 2.88 bits per heavy atom. The van der Waals surface area contributed by atoms with Crippen LogP contribution in [-0.2, 0) is 6.54 Å². The molecule has 0 aromatic carbocycles. The first kappa shape index (κ1) is 12.1. The van der Waals surface area contributed by atoms with E-state index in [1.165, 1.54) is 0 Å². The van der Waals surface area contributed by atoms with Crippen molar-refractivity contribution in [3.8, 4) is 0 Å². The number of hydrogen-bond acceptors (Lipinski definition) is 4. The van der Waals surface area contributed by atoms with Crippen LogP contribution in [0.2, 0.25) is 0 Å². The summed E-state index contributed by atoms with van der Waals surface area (Å²) >= 11 is 0. The highest BCUT2D eigenvalue weighted by molar-refractivity contribution is 5.91.